The molecule has 1 aromatic carbocycles. The van der Waals surface area contributed by atoms with Gasteiger partial charge in [0.15, 0.2) is 0 Å². The van der Waals surface area contributed by atoms with Gasteiger partial charge in [-0.15, -0.1) is 0 Å². The van der Waals surface area contributed by atoms with Crippen LogP contribution in [-0.2, 0) is 6.42 Å². The lowest BCUT2D eigenvalue weighted by Gasteiger charge is -2.36. The average Bonchev–Trinajstić information content (AvgIpc) is 3.25. The third-order valence-electron chi connectivity index (χ3n) is 14.8. The van der Waals surface area contributed by atoms with Gasteiger partial charge in [-0.05, 0) is 158 Å². The maximum Gasteiger partial charge on any atom is 0.0869 e. The molecule has 60 heavy (non-hydrogen) atoms. The smallest absolute Gasteiger partial charge is 0.0869 e. The van der Waals surface area contributed by atoms with E-state index < -0.39 is 0 Å². The van der Waals surface area contributed by atoms with Gasteiger partial charge in [0.1, 0.15) is 0 Å². The van der Waals surface area contributed by atoms with Gasteiger partial charge in [-0.1, -0.05) is 150 Å². The van der Waals surface area contributed by atoms with Gasteiger partial charge in [-0.3, -0.25) is 4.99 Å². The second kappa shape index (κ2) is 19.1. The molecule has 8 rings (SSSR count). The van der Waals surface area contributed by atoms with Gasteiger partial charge >= 0.3 is 0 Å². The highest BCUT2D eigenvalue weighted by Gasteiger charge is 2.33. The summed E-state index contributed by atoms with van der Waals surface area (Å²) in [6.45, 7) is 12.0. The summed E-state index contributed by atoms with van der Waals surface area (Å²) in [6, 6.07) is 9.89. The molecule has 0 spiro atoms. The zero-order chi connectivity index (χ0) is 41.5. The molecular formula is C57H73N3. The number of nitrogens with one attached hydrogen (secondary N) is 2. The topological polar surface area (TPSA) is 36.4 Å². The van der Waals surface area contributed by atoms with Crippen LogP contribution in [0.4, 0.5) is 0 Å². The lowest BCUT2D eigenvalue weighted by atomic mass is 9.70. The molecule has 0 amide bonds. The lowest BCUT2D eigenvalue weighted by Crippen LogP contribution is -2.36. The zero-order valence-electron chi connectivity index (χ0n) is 37.6. The molecular weight excluding hydrogens is 727 g/mol. The number of rotatable bonds is 13. The van der Waals surface area contributed by atoms with Crippen molar-refractivity contribution in [1.29, 1.82) is 0 Å². The van der Waals surface area contributed by atoms with Crippen molar-refractivity contribution in [2.24, 2.45) is 39.5 Å². The first kappa shape index (κ1) is 42.3. The van der Waals surface area contributed by atoms with Gasteiger partial charge in [-0.25, -0.2) is 0 Å². The normalized spacial score (nSPS) is 32.3. The summed E-state index contributed by atoms with van der Waals surface area (Å²) in [4.78, 5) is 5.44. The number of allylic oxidation sites excluding steroid dienone is 21. The molecule has 8 atom stereocenters. The predicted molar refractivity (Wildman–Crippen MR) is 257 cm³/mol. The predicted octanol–water partition coefficient (Wildman–Crippen LogP) is 14.3. The summed E-state index contributed by atoms with van der Waals surface area (Å²) in [5.41, 5.74) is 12.8. The molecule has 2 N–H and O–H groups in total. The summed E-state index contributed by atoms with van der Waals surface area (Å²) in [7, 11) is 0. The minimum atomic E-state index is 0.00559. The van der Waals surface area contributed by atoms with Gasteiger partial charge in [0.25, 0.3) is 0 Å². The molecule has 0 heterocycles. The van der Waals surface area contributed by atoms with Crippen molar-refractivity contribution < 1.29 is 0 Å². The van der Waals surface area contributed by atoms with Gasteiger partial charge in [0, 0.05) is 28.8 Å². The van der Waals surface area contributed by atoms with Crippen LogP contribution in [0.3, 0.4) is 0 Å². The third kappa shape index (κ3) is 10.4. The fourth-order valence-electron chi connectivity index (χ4n) is 10.9. The standard InChI is InChI=1S/C57H73N3/c1-41-19-22-45(23-20-41)46-24-26-47(27-25-46)48-17-14-16-44(36-48)37-50(39-56(4)31-10-6-11-32-56)58-40-59-54-30-28-49(38-52(54)57(5)33-12-7-13-34-57)51-29-21-42(2)35-55(51)60-53-18-9-8-15-43(53)3/h9-10,12,14,16-19,21-24,26-27,29,31,33,36,38,40-43,46,50,53,60H,6-8,11,13,15,20,25,28,30,32,34-35,37,39H2,1-5H3,(H,58,59)/t41?,42?,43?,46?,50-,53?,56?,57?/m1/s1. The number of hydrogen-bond acceptors (Lipinski definition) is 2. The molecule has 316 valence electrons. The molecule has 7 aliphatic carbocycles. The maximum absolute atomic E-state index is 5.44. The number of aliphatic imine (C=N–C) groups is 1. The van der Waals surface area contributed by atoms with Crippen molar-refractivity contribution in [3.8, 4) is 0 Å². The van der Waals surface area contributed by atoms with E-state index >= 15 is 0 Å². The van der Waals surface area contributed by atoms with Crippen LogP contribution in [0.15, 0.2) is 154 Å². The monoisotopic (exact) mass is 800 g/mol. The van der Waals surface area contributed by atoms with E-state index in [-0.39, 0.29) is 16.9 Å². The van der Waals surface area contributed by atoms with Crippen LogP contribution >= 0.6 is 0 Å². The van der Waals surface area contributed by atoms with E-state index in [9.17, 15) is 0 Å². The summed E-state index contributed by atoms with van der Waals surface area (Å²) >= 11 is 0. The first-order valence-electron chi connectivity index (χ1n) is 23.9. The van der Waals surface area contributed by atoms with Crippen LogP contribution < -0.4 is 10.6 Å². The second-order valence-corrected chi connectivity index (χ2v) is 20.1. The molecule has 3 heteroatoms. The van der Waals surface area contributed by atoms with Crippen molar-refractivity contribution in [1.82, 2.24) is 10.6 Å². The van der Waals surface area contributed by atoms with Crippen LogP contribution in [0.25, 0.3) is 5.57 Å². The van der Waals surface area contributed by atoms with Crippen molar-refractivity contribution in [2.75, 3.05) is 0 Å². The molecule has 7 aliphatic rings. The first-order chi connectivity index (χ1) is 29.1. The molecule has 7 unspecified atom stereocenters. The van der Waals surface area contributed by atoms with Crippen LogP contribution in [0.2, 0.25) is 0 Å². The van der Waals surface area contributed by atoms with Crippen LogP contribution in [0.1, 0.15) is 136 Å². The molecule has 0 saturated carbocycles. The molecule has 0 aliphatic heterocycles. The fourth-order valence-corrected chi connectivity index (χ4v) is 10.9. The molecule has 0 aromatic heterocycles. The largest absolute Gasteiger partial charge is 0.381 e. The highest BCUT2D eigenvalue weighted by atomic mass is 15.0. The molecule has 0 fully saturated rings. The van der Waals surface area contributed by atoms with E-state index in [0.29, 0.717) is 29.7 Å². The van der Waals surface area contributed by atoms with Gasteiger partial charge in [-0.2, -0.15) is 0 Å². The van der Waals surface area contributed by atoms with Crippen LogP contribution in [0, 0.1) is 34.5 Å². The Bertz CT molecular complexity index is 2100. The van der Waals surface area contributed by atoms with Crippen LogP contribution in [0.5, 0.6) is 0 Å². The summed E-state index contributed by atoms with van der Waals surface area (Å²) < 4.78 is 0. The van der Waals surface area contributed by atoms with Crippen molar-refractivity contribution >= 4 is 11.9 Å². The number of nitrogens with zero attached hydrogens (tertiary/aromatic N) is 1. The van der Waals surface area contributed by atoms with E-state index in [1.165, 1.54) is 102 Å². The van der Waals surface area contributed by atoms with E-state index in [4.69, 9.17) is 4.99 Å². The van der Waals surface area contributed by atoms with Gasteiger partial charge in [0.2, 0.25) is 0 Å². The Morgan fingerprint density at radius 3 is 2.43 bits per heavy atom. The maximum atomic E-state index is 5.44. The highest BCUT2D eigenvalue weighted by Crippen LogP contribution is 2.45. The van der Waals surface area contributed by atoms with E-state index in [0.717, 1.165) is 44.9 Å². The van der Waals surface area contributed by atoms with Crippen molar-refractivity contribution in [3.05, 3.63) is 160 Å². The van der Waals surface area contributed by atoms with Gasteiger partial charge in [0.05, 0.1) is 12.4 Å². The van der Waals surface area contributed by atoms with Crippen molar-refractivity contribution in [2.45, 2.75) is 143 Å². The minimum Gasteiger partial charge on any atom is -0.381 e. The number of hydrogen-bond donors (Lipinski definition) is 2. The molecule has 3 nitrogen and oxygen atoms in total. The molecule has 0 radical (unpaired) electrons. The SMILES string of the molecule is CC1C=CC(C2C=CC(c3cccc(C[C@H](CC4(C)C=CCCC4)N=CNC4=C(C5(C)C=CCCC5)C=C(C5=C(NC6C=CCCC6C)CC(C)C=C5)CC4)c3)=CC2)=CC1. The third-order valence-corrected chi connectivity index (χ3v) is 14.8. The quantitative estimate of drug-likeness (QED) is 0.118. The van der Waals surface area contributed by atoms with Crippen LogP contribution in [-0.4, -0.2) is 18.4 Å². The Morgan fingerprint density at radius 2 is 1.68 bits per heavy atom. The van der Waals surface area contributed by atoms with Gasteiger partial charge < -0.3 is 10.6 Å². The van der Waals surface area contributed by atoms with E-state index in [2.05, 4.69) is 167 Å². The number of benzene rings is 1. The Balaban J connectivity index is 1.04. The summed E-state index contributed by atoms with van der Waals surface area (Å²) in [5, 5.41) is 7.93. The first-order valence-corrected chi connectivity index (χ1v) is 23.9. The Labute approximate surface area is 363 Å². The summed E-state index contributed by atoms with van der Waals surface area (Å²) in [5.74, 6) is 2.34. The van der Waals surface area contributed by atoms with Crippen molar-refractivity contribution in [3.63, 3.8) is 0 Å². The minimum absolute atomic E-state index is 0.00559. The molecule has 1 aromatic rings. The van der Waals surface area contributed by atoms with E-state index in [1.807, 2.05) is 0 Å². The average molecular weight is 800 g/mol. The molecule has 0 saturated heterocycles. The second-order valence-electron chi connectivity index (χ2n) is 20.1. The fraction of sp³-hybridized carbons (Fsp3) is 0.491. The Morgan fingerprint density at radius 1 is 0.833 bits per heavy atom. The molecule has 0 bridgehead atoms. The Kier molecular flexibility index (Phi) is 13.5. The van der Waals surface area contributed by atoms with E-state index in [1.54, 1.807) is 0 Å². The Hall–Kier alpha value is -4.37. The lowest BCUT2D eigenvalue weighted by molar-refractivity contribution is 0.309. The summed E-state index contributed by atoms with van der Waals surface area (Å²) in [6.07, 6.45) is 55.6. The highest BCUT2D eigenvalue weighted by molar-refractivity contribution is 5.75. The zero-order valence-corrected chi connectivity index (χ0v) is 37.6.